The average Bonchev–Trinajstić information content (AvgIpc) is 2.57. The zero-order chi connectivity index (χ0) is 15.6. The predicted molar refractivity (Wildman–Crippen MR) is 85.4 cm³/mol. The summed E-state index contributed by atoms with van der Waals surface area (Å²) >= 11 is 0. The molecule has 2 rings (SSSR count). The van der Waals surface area contributed by atoms with E-state index in [1.807, 2.05) is 11.0 Å². The lowest BCUT2D eigenvalue weighted by Crippen LogP contribution is -2.42. The van der Waals surface area contributed by atoms with Gasteiger partial charge in [0.05, 0.1) is 0 Å². The molecule has 0 spiro atoms. The number of nitrogens with zero attached hydrogens (tertiary/aromatic N) is 3. The first kappa shape index (κ1) is 15.8. The van der Waals surface area contributed by atoms with Crippen LogP contribution in [0.3, 0.4) is 0 Å². The highest BCUT2D eigenvalue weighted by atomic mass is 16.2. The van der Waals surface area contributed by atoms with E-state index in [0.717, 1.165) is 31.7 Å². The Kier molecular flexibility index (Phi) is 4.83. The third kappa shape index (κ3) is 3.73. The predicted octanol–water partition coefficient (Wildman–Crippen LogP) is 1.95. The molecule has 1 aromatic rings. The van der Waals surface area contributed by atoms with E-state index in [0.29, 0.717) is 11.4 Å². The highest BCUT2D eigenvalue weighted by Gasteiger charge is 2.25. The fourth-order valence-electron chi connectivity index (χ4n) is 2.83. The molecule has 1 unspecified atom stereocenters. The summed E-state index contributed by atoms with van der Waals surface area (Å²) in [5.74, 6) is 0.741. The van der Waals surface area contributed by atoms with E-state index in [1.54, 1.807) is 6.07 Å². The van der Waals surface area contributed by atoms with Crippen LogP contribution in [-0.2, 0) is 0 Å². The van der Waals surface area contributed by atoms with E-state index in [4.69, 9.17) is 5.73 Å². The number of amides is 1. The van der Waals surface area contributed by atoms with Crippen molar-refractivity contribution in [3.05, 3.63) is 23.4 Å². The smallest absolute Gasteiger partial charge is 0.254 e. The standard InChI is InChI=1S/C16H26N4O/c1-11(2)14-8-13(9-15(17)18-14)16(21)20-7-5-6-19(4)10-12(20)3/h8-9,11-12H,5-7,10H2,1-4H3,(H2,17,18). The van der Waals surface area contributed by atoms with Crippen molar-refractivity contribution in [1.82, 2.24) is 14.8 Å². The van der Waals surface area contributed by atoms with Gasteiger partial charge in [0.2, 0.25) is 0 Å². The Labute approximate surface area is 127 Å². The minimum Gasteiger partial charge on any atom is -0.384 e. The maximum Gasteiger partial charge on any atom is 0.254 e. The van der Waals surface area contributed by atoms with Gasteiger partial charge in [0.15, 0.2) is 0 Å². The molecule has 116 valence electrons. The molecule has 5 heteroatoms. The van der Waals surface area contributed by atoms with Gasteiger partial charge in [0, 0.05) is 30.4 Å². The Hall–Kier alpha value is -1.62. The van der Waals surface area contributed by atoms with Crippen LogP contribution in [0.2, 0.25) is 0 Å². The lowest BCUT2D eigenvalue weighted by Gasteiger charge is -2.28. The van der Waals surface area contributed by atoms with Crippen LogP contribution in [0.4, 0.5) is 5.82 Å². The fraction of sp³-hybridized carbons (Fsp3) is 0.625. The number of carbonyl (C=O) groups excluding carboxylic acids is 1. The summed E-state index contributed by atoms with van der Waals surface area (Å²) in [6.07, 6.45) is 1.00. The number of nitrogens with two attached hydrogens (primary N) is 1. The van der Waals surface area contributed by atoms with Gasteiger partial charge in [-0.2, -0.15) is 0 Å². The van der Waals surface area contributed by atoms with Gasteiger partial charge in [-0.3, -0.25) is 4.79 Å². The minimum atomic E-state index is 0.0637. The third-order valence-corrected chi connectivity index (χ3v) is 4.01. The Bertz CT molecular complexity index is 515. The van der Waals surface area contributed by atoms with Gasteiger partial charge in [-0.1, -0.05) is 13.8 Å². The Morgan fingerprint density at radius 3 is 2.76 bits per heavy atom. The molecular formula is C16H26N4O. The van der Waals surface area contributed by atoms with Gasteiger partial charge < -0.3 is 15.5 Å². The summed E-state index contributed by atoms with van der Waals surface area (Å²) in [5.41, 5.74) is 7.39. The molecule has 1 aliphatic rings. The van der Waals surface area contributed by atoms with Crippen molar-refractivity contribution < 1.29 is 4.79 Å². The molecule has 1 amide bonds. The van der Waals surface area contributed by atoms with Crippen molar-refractivity contribution in [3.8, 4) is 0 Å². The first-order valence-corrected chi connectivity index (χ1v) is 7.65. The molecule has 1 fully saturated rings. The van der Waals surface area contributed by atoms with Crippen LogP contribution in [0.15, 0.2) is 12.1 Å². The van der Waals surface area contributed by atoms with E-state index in [-0.39, 0.29) is 17.9 Å². The van der Waals surface area contributed by atoms with Crippen LogP contribution in [0.5, 0.6) is 0 Å². The fourth-order valence-corrected chi connectivity index (χ4v) is 2.83. The summed E-state index contributed by atoms with van der Waals surface area (Å²) in [4.78, 5) is 21.4. The number of hydrogen-bond acceptors (Lipinski definition) is 4. The SMILES string of the molecule is CC(C)c1cc(C(=O)N2CCCN(C)CC2C)cc(N)n1. The van der Waals surface area contributed by atoms with Gasteiger partial charge in [0.1, 0.15) is 5.82 Å². The normalized spacial score (nSPS) is 20.6. The molecule has 1 aromatic heterocycles. The number of hydrogen-bond donors (Lipinski definition) is 1. The number of likely N-dealkylation sites (N-methyl/N-ethyl adjacent to an activating group) is 1. The zero-order valence-electron chi connectivity index (χ0n) is 13.5. The Morgan fingerprint density at radius 2 is 2.10 bits per heavy atom. The molecule has 2 N–H and O–H groups in total. The number of rotatable bonds is 2. The molecule has 1 aliphatic heterocycles. The Balaban J connectivity index is 2.26. The van der Waals surface area contributed by atoms with E-state index < -0.39 is 0 Å². The van der Waals surface area contributed by atoms with Crippen molar-refractivity contribution in [2.45, 2.75) is 39.2 Å². The largest absolute Gasteiger partial charge is 0.384 e. The van der Waals surface area contributed by atoms with E-state index in [9.17, 15) is 4.79 Å². The summed E-state index contributed by atoms with van der Waals surface area (Å²) in [5, 5.41) is 0. The monoisotopic (exact) mass is 290 g/mol. The van der Waals surface area contributed by atoms with Gasteiger partial charge >= 0.3 is 0 Å². The number of pyridine rings is 1. The third-order valence-electron chi connectivity index (χ3n) is 4.01. The second-order valence-corrected chi connectivity index (χ2v) is 6.32. The number of nitrogen functional groups attached to an aromatic ring is 1. The molecular weight excluding hydrogens is 264 g/mol. The molecule has 1 atom stereocenters. The molecule has 0 bridgehead atoms. The molecule has 21 heavy (non-hydrogen) atoms. The highest BCUT2D eigenvalue weighted by molar-refractivity contribution is 5.95. The van der Waals surface area contributed by atoms with Gasteiger partial charge in [-0.25, -0.2) is 4.98 Å². The summed E-state index contributed by atoms with van der Waals surface area (Å²) < 4.78 is 0. The van der Waals surface area contributed by atoms with E-state index in [1.165, 1.54) is 0 Å². The molecule has 1 saturated heterocycles. The number of carbonyl (C=O) groups is 1. The molecule has 0 radical (unpaired) electrons. The highest BCUT2D eigenvalue weighted by Crippen LogP contribution is 2.19. The topological polar surface area (TPSA) is 62.5 Å². The zero-order valence-corrected chi connectivity index (χ0v) is 13.5. The van der Waals surface area contributed by atoms with Crippen molar-refractivity contribution in [2.75, 3.05) is 32.4 Å². The van der Waals surface area contributed by atoms with Crippen molar-refractivity contribution >= 4 is 11.7 Å². The number of aromatic nitrogens is 1. The summed E-state index contributed by atoms with van der Waals surface area (Å²) in [6, 6.07) is 3.78. The second-order valence-electron chi connectivity index (χ2n) is 6.32. The maximum atomic E-state index is 12.8. The van der Waals surface area contributed by atoms with Crippen LogP contribution < -0.4 is 5.73 Å². The van der Waals surface area contributed by atoms with Crippen molar-refractivity contribution in [2.24, 2.45) is 0 Å². The minimum absolute atomic E-state index is 0.0637. The van der Waals surface area contributed by atoms with Crippen LogP contribution >= 0.6 is 0 Å². The lowest BCUT2D eigenvalue weighted by atomic mass is 10.1. The summed E-state index contributed by atoms with van der Waals surface area (Å²) in [6.45, 7) is 8.95. The molecule has 5 nitrogen and oxygen atoms in total. The first-order valence-electron chi connectivity index (χ1n) is 7.65. The quantitative estimate of drug-likeness (QED) is 0.904. The van der Waals surface area contributed by atoms with Crippen molar-refractivity contribution in [1.29, 1.82) is 0 Å². The Morgan fingerprint density at radius 1 is 1.38 bits per heavy atom. The second kappa shape index (κ2) is 6.43. The van der Waals surface area contributed by atoms with Crippen LogP contribution in [0.1, 0.15) is 49.2 Å². The van der Waals surface area contributed by atoms with Gasteiger partial charge in [-0.05, 0) is 45.0 Å². The molecule has 0 aromatic carbocycles. The van der Waals surface area contributed by atoms with Crippen LogP contribution in [0.25, 0.3) is 0 Å². The maximum absolute atomic E-state index is 12.8. The van der Waals surface area contributed by atoms with Crippen molar-refractivity contribution in [3.63, 3.8) is 0 Å². The molecule has 0 aliphatic carbocycles. The molecule has 2 heterocycles. The molecule has 0 saturated carbocycles. The lowest BCUT2D eigenvalue weighted by molar-refractivity contribution is 0.0696. The van der Waals surface area contributed by atoms with Crippen LogP contribution in [0, 0.1) is 0 Å². The van der Waals surface area contributed by atoms with Gasteiger partial charge in [-0.15, -0.1) is 0 Å². The van der Waals surface area contributed by atoms with Gasteiger partial charge in [0.25, 0.3) is 5.91 Å². The van der Waals surface area contributed by atoms with E-state index >= 15 is 0 Å². The van der Waals surface area contributed by atoms with E-state index in [2.05, 4.69) is 37.7 Å². The number of anilines is 1. The first-order chi connectivity index (χ1) is 9.88. The average molecular weight is 290 g/mol. The van der Waals surface area contributed by atoms with Crippen LogP contribution in [-0.4, -0.2) is 53.4 Å². The summed E-state index contributed by atoms with van der Waals surface area (Å²) in [7, 11) is 2.10.